The first-order valence-corrected chi connectivity index (χ1v) is 17.2. The largest absolute Gasteiger partial charge is 0.446 e. The van der Waals surface area contributed by atoms with Crippen LogP contribution in [0.15, 0.2) is 11.6 Å². The van der Waals surface area contributed by atoms with Gasteiger partial charge in [-0.1, -0.05) is 59.1 Å². The van der Waals surface area contributed by atoms with Gasteiger partial charge in [0.2, 0.25) is 0 Å². The van der Waals surface area contributed by atoms with Gasteiger partial charge in [0.1, 0.15) is 11.7 Å². The average Bonchev–Trinajstić information content (AvgIpc) is 3.37. The molecule has 6 heteroatoms. The number of rotatable bonds is 8. The number of fused-ring (bicyclic) bond motifs is 6. The van der Waals surface area contributed by atoms with Gasteiger partial charge in [0.15, 0.2) is 0 Å². The van der Waals surface area contributed by atoms with Crippen LogP contribution in [-0.2, 0) is 9.47 Å². The maximum atomic E-state index is 12.5. The molecule has 0 aromatic rings. The van der Waals surface area contributed by atoms with E-state index in [0.29, 0.717) is 29.3 Å². The van der Waals surface area contributed by atoms with Crippen LogP contribution in [0.1, 0.15) is 132 Å². The number of ether oxygens (including phenoxy) is 2. The van der Waals surface area contributed by atoms with Crippen LogP contribution in [-0.4, -0.2) is 37.0 Å². The van der Waals surface area contributed by atoms with E-state index >= 15 is 0 Å². The maximum absolute atomic E-state index is 12.5. The van der Waals surface area contributed by atoms with Gasteiger partial charge in [-0.25, -0.2) is 9.59 Å². The SMILES string of the molecule is CC(C)CCCC1(C)C[C@@]12CC[C@H]1[C@@H]3CC=C4C[C@@H](OC(=O)NCCNC(=O)OC(C)(C)C)CC[C@]4(C)C3CC[C@@]12C. The zero-order chi connectivity index (χ0) is 30.6. The quantitative estimate of drug-likeness (QED) is 0.221. The minimum Gasteiger partial charge on any atom is -0.446 e. The molecule has 4 fully saturated rings. The van der Waals surface area contributed by atoms with Gasteiger partial charge in [0, 0.05) is 19.5 Å². The Morgan fingerprint density at radius 3 is 2.36 bits per heavy atom. The molecular weight excluding hydrogens is 524 g/mol. The van der Waals surface area contributed by atoms with Gasteiger partial charge in [-0.05, 0) is 124 Å². The van der Waals surface area contributed by atoms with Gasteiger partial charge < -0.3 is 20.1 Å². The summed E-state index contributed by atoms with van der Waals surface area (Å²) in [6.45, 7) is 18.7. The van der Waals surface area contributed by atoms with Gasteiger partial charge in [-0.3, -0.25) is 0 Å². The van der Waals surface area contributed by atoms with Gasteiger partial charge in [-0.15, -0.1) is 0 Å². The van der Waals surface area contributed by atoms with Crippen LogP contribution < -0.4 is 10.6 Å². The second-order valence-electron chi connectivity index (χ2n) is 17.0. The molecule has 6 nitrogen and oxygen atoms in total. The number of amides is 2. The van der Waals surface area contributed by atoms with Crippen LogP contribution in [0.4, 0.5) is 9.59 Å². The molecule has 0 saturated heterocycles. The van der Waals surface area contributed by atoms with Gasteiger partial charge in [-0.2, -0.15) is 0 Å². The van der Waals surface area contributed by atoms with E-state index in [9.17, 15) is 9.59 Å². The minimum atomic E-state index is -0.540. The number of carbonyl (C=O) groups is 2. The van der Waals surface area contributed by atoms with E-state index < -0.39 is 17.8 Å². The molecule has 1 spiro atoms. The molecule has 0 radical (unpaired) electrons. The maximum Gasteiger partial charge on any atom is 0.407 e. The Bertz CT molecular complexity index is 1060. The first-order chi connectivity index (χ1) is 19.6. The molecule has 2 N–H and O–H groups in total. The lowest BCUT2D eigenvalue weighted by molar-refractivity contribution is -0.0623. The molecule has 2 amide bonds. The Hall–Kier alpha value is -1.72. The summed E-state index contributed by atoms with van der Waals surface area (Å²) in [5, 5.41) is 5.46. The van der Waals surface area contributed by atoms with E-state index in [1.165, 1.54) is 57.8 Å². The van der Waals surface area contributed by atoms with Crippen molar-refractivity contribution in [1.82, 2.24) is 10.6 Å². The Morgan fingerprint density at radius 2 is 1.67 bits per heavy atom. The zero-order valence-corrected chi connectivity index (χ0v) is 28.0. The number of nitrogens with one attached hydrogen (secondary N) is 2. The van der Waals surface area contributed by atoms with Crippen molar-refractivity contribution in [2.75, 3.05) is 13.1 Å². The van der Waals surface area contributed by atoms with Crippen molar-refractivity contribution in [2.24, 2.45) is 45.3 Å². The normalized spacial score (nSPS) is 40.5. The molecule has 42 heavy (non-hydrogen) atoms. The van der Waals surface area contributed by atoms with Gasteiger partial charge in [0.05, 0.1) is 0 Å². The molecule has 0 aliphatic heterocycles. The Labute approximate surface area is 255 Å². The molecule has 5 aliphatic rings. The lowest BCUT2D eigenvalue weighted by atomic mass is 9.46. The summed E-state index contributed by atoms with van der Waals surface area (Å²) in [5.74, 6) is 3.27. The highest BCUT2D eigenvalue weighted by atomic mass is 16.6. The standard InChI is InChI=1S/C36H60N2O4/c1-24(2)10-9-16-33(6)23-36(33)19-15-29-27-12-11-25-22-26(13-17-34(25,7)28(27)14-18-35(29,36)8)41-30(39)37-20-21-38-31(40)42-32(3,4)5/h11,24,26-29H,9-10,12-23H2,1-8H3,(H,37,39)(H,38,40)/t26-,27+,28?,29-,33?,34-,35-,36-/m0/s1. The van der Waals surface area contributed by atoms with E-state index in [0.717, 1.165) is 42.9 Å². The summed E-state index contributed by atoms with van der Waals surface area (Å²) in [7, 11) is 0. The van der Waals surface area contributed by atoms with Crippen molar-refractivity contribution in [2.45, 2.75) is 144 Å². The molecule has 5 rings (SSSR count). The second-order valence-corrected chi connectivity index (χ2v) is 17.0. The topological polar surface area (TPSA) is 76.7 Å². The molecule has 8 atom stereocenters. The molecule has 238 valence electrons. The van der Waals surface area contributed by atoms with Gasteiger partial charge >= 0.3 is 12.2 Å². The number of hydrogen-bond acceptors (Lipinski definition) is 4. The first-order valence-electron chi connectivity index (χ1n) is 17.2. The minimum absolute atomic E-state index is 0.0682. The Morgan fingerprint density at radius 1 is 0.976 bits per heavy atom. The second kappa shape index (κ2) is 11.3. The smallest absolute Gasteiger partial charge is 0.407 e. The van der Waals surface area contributed by atoms with Crippen LogP contribution in [0.5, 0.6) is 0 Å². The van der Waals surface area contributed by atoms with Crippen LogP contribution >= 0.6 is 0 Å². The summed E-state index contributed by atoms with van der Waals surface area (Å²) in [6, 6.07) is 0. The Balaban J connectivity index is 1.14. The van der Waals surface area contributed by atoms with Crippen molar-refractivity contribution in [1.29, 1.82) is 0 Å². The first kappa shape index (κ1) is 31.7. The fraction of sp³-hybridized carbons (Fsp3) is 0.889. The lowest BCUT2D eigenvalue weighted by Crippen LogP contribution is -2.51. The van der Waals surface area contributed by atoms with E-state index in [1.807, 2.05) is 20.8 Å². The predicted octanol–water partition coefficient (Wildman–Crippen LogP) is 8.79. The fourth-order valence-electron chi connectivity index (χ4n) is 10.8. The number of alkyl carbamates (subject to hydrolysis) is 2. The van der Waals surface area contributed by atoms with Crippen LogP contribution in [0.2, 0.25) is 0 Å². The number of hydrogen-bond donors (Lipinski definition) is 2. The predicted molar refractivity (Wildman–Crippen MR) is 168 cm³/mol. The van der Waals surface area contributed by atoms with Crippen molar-refractivity contribution >= 4 is 12.2 Å². The summed E-state index contributed by atoms with van der Waals surface area (Å²) in [5.41, 5.74) is 2.93. The summed E-state index contributed by atoms with van der Waals surface area (Å²) in [6.07, 6.45) is 17.1. The van der Waals surface area contributed by atoms with Crippen LogP contribution in [0, 0.1) is 45.3 Å². The van der Waals surface area contributed by atoms with Crippen molar-refractivity contribution < 1.29 is 19.1 Å². The van der Waals surface area contributed by atoms with Gasteiger partial charge in [0.25, 0.3) is 0 Å². The molecule has 0 aromatic heterocycles. The lowest BCUT2D eigenvalue weighted by Gasteiger charge is -2.58. The zero-order valence-electron chi connectivity index (χ0n) is 28.0. The highest BCUT2D eigenvalue weighted by Gasteiger charge is 2.76. The van der Waals surface area contributed by atoms with E-state index in [4.69, 9.17) is 9.47 Å². The monoisotopic (exact) mass is 584 g/mol. The summed E-state index contributed by atoms with van der Waals surface area (Å²) >= 11 is 0. The van der Waals surface area contributed by atoms with Crippen molar-refractivity contribution in [3.05, 3.63) is 11.6 Å². The summed E-state index contributed by atoms with van der Waals surface area (Å²) < 4.78 is 11.1. The highest BCUT2D eigenvalue weighted by Crippen LogP contribution is 2.84. The third-order valence-electron chi connectivity index (χ3n) is 13.0. The summed E-state index contributed by atoms with van der Waals surface area (Å²) in [4.78, 5) is 24.3. The third kappa shape index (κ3) is 5.74. The molecule has 0 heterocycles. The molecule has 4 saturated carbocycles. The molecule has 0 aromatic carbocycles. The number of carbonyl (C=O) groups excluding carboxylic acids is 2. The van der Waals surface area contributed by atoms with Crippen LogP contribution in [0.3, 0.4) is 0 Å². The van der Waals surface area contributed by atoms with Crippen molar-refractivity contribution in [3.8, 4) is 0 Å². The fourth-order valence-corrected chi connectivity index (χ4v) is 10.8. The molecule has 5 aliphatic carbocycles. The average molecular weight is 585 g/mol. The Kier molecular flexibility index (Phi) is 8.55. The number of allylic oxidation sites excluding steroid dienone is 1. The van der Waals surface area contributed by atoms with E-state index in [2.05, 4.69) is 51.3 Å². The third-order valence-corrected chi connectivity index (χ3v) is 13.0. The van der Waals surface area contributed by atoms with Crippen molar-refractivity contribution in [3.63, 3.8) is 0 Å². The van der Waals surface area contributed by atoms with E-state index in [-0.39, 0.29) is 11.5 Å². The molecule has 2 unspecified atom stereocenters. The highest BCUT2D eigenvalue weighted by molar-refractivity contribution is 5.69. The van der Waals surface area contributed by atoms with E-state index in [1.54, 1.807) is 5.57 Å². The molecular formula is C36H60N2O4. The van der Waals surface area contributed by atoms with Crippen LogP contribution in [0.25, 0.3) is 0 Å². The molecule has 0 bridgehead atoms.